The zero-order chi connectivity index (χ0) is 15.4. The summed E-state index contributed by atoms with van der Waals surface area (Å²) in [4.78, 5) is 4.59. The first-order valence-electron chi connectivity index (χ1n) is 7.98. The molecule has 0 radical (unpaired) electrons. The molecule has 1 fully saturated rings. The molecule has 0 aliphatic carbocycles. The third-order valence-electron chi connectivity index (χ3n) is 4.13. The van der Waals surface area contributed by atoms with Gasteiger partial charge in [0.1, 0.15) is 6.10 Å². The van der Waals surface area contributed by atoms with E-state index < -0.39 is 6.10 Å². The van der Waals surface area contributed by atoms with Crippen LogP contribution in [0.4, 0.5) is 0 Å². The van der Waals surface area contributed by atoms with Gasteiger partial charge in [-0.1, -0.05) is 30.3 Å². The van der Waals surface area contributed by atoms with Gasteiger partial charge < -0.3 is 9.84 Å². The molecular weight excluding hydrogens is 278 g/mol. The maximum Gasteiger partial charge on any atom is 0.155 e. The van der Waals surface area contributed by atoms with Crippen LogP contribution in [-0.2, 0) is 17.7 Å². The van der Waals surface area contributed by atoms with Gasteiger partial charge in [-0.2, -0.15) is 5.10 Å². The number of ether oxygens (including phenoxy) is 1. The van der Waals surface area contributed by atoms with Crippen molar-refractivity contribution in [2.45, 2.75) is 44.8 Å². The average molecular weight is 301 g/mol. The second-order valence-electron chi connectivity index (χ2n) is 5.85. The molecule has 1 aliphatic heterocycles. The lowest BCUT2D eigenvalue weighted by Gasteiger charge is -2.18. The number of aromatic nitrogens is 3. The molecule has 1 aliphatic rings. The van der Waals surface area contributed by atoms with Crippen LogP contribution in [0.3, 0.4) is 0 Å². The van der Waals surface area contributed by atoms with Crippen LogP contribution in [0, 0.1) is 0 Å². The molecule has 0 saturated carbocycles. The summed E-state index contributed by atoms with van der Waals surface area (Å²) in [5, 5.41) is 14.6. The maximum atomic E-state index is 9.97. The van der Waals surface area contributed by atoms with Crippen LogP contribution in [0.25, 0.3) is 0 Å². The third-order valence-corrected chi connectivity index (χ3v) is 4.13. The lowest BCUT2D eigenvalue weighted by Crippen LogP contribution is -2.15. The number of rotatable bonds is 5. The Kier molecular flexibility index (Phi) is 4.85. The van der Waals surface area contributed by atoms with Crippen molar-refractivity contribution in [3.05, 3.63) is 47.5 Å². The van der Waals surface area contributed by atoms with Gasteiger partial charge in [0.15, 0.2) is 11.6 Å². The molecule has 5 nitrogen and oxygen atoms in total. The molecule has 1 aromatic carbocycles. The summed E-state index contributed by atoms with van der Waals surface area (Å²) in [5.74, 6) is 1.87. The molecule has 2 heterocycles. The molecule has 1 aromatic heterocycles. The summed E-state index contributed by atoms with van der Waals surface area (Å²) in [6.45, 7) is 4.03. The quantitative estimate of drug-likeness (QED) is 0.921. The summed E-state index contributed by atoms with van der Waals surface area (Å²) in [5.41, 5.74) is 1.27. The number of hydrogen-bond acceptors (Lipinski definition) is 4. The highest BCUT2D eigenvalue weighted by molar-refractivity contribution is 5.14. The van der Waals surface area contributed by atoms with Gasteiger partial charge in [-0.25, -0.2) is 9.67 Å². The Balaban J connectivity index is 1.75. The Labute approximate surface area is 131 Å². The normalized spacial score (nSPS) is 17.5. The number of hydrogen-bond donors (Lipinski definition) is 1. The van der Waals surface area contributed by atoms with E-state index in [9.17, 15) is 5.11 Å². The molecule has 1 N–H and O–H groups in total. The fourth-order valence-electron chi connectivity index (χ4n) is 2.85. The Morgan fingerprint density at radius 1 is 1.27 bits per heavy atom. The van der Waals surface area contributed by atoms with E-state index in [1.165, 1.54) is 5.56 Å². The van der Waals surface area contributed by atoms with E-state index in [4.69, 9.17) is 4.74 Å². The molecular formula is C17H23N3O2. The Bertz CT molecular complexity index is 589. The van der Waals surface area contributed by atoms with Gasteiger partial charge in [-0.3, -0.25) is 0 Å². The van der Waals surface area contributed by atoms with Gasteiger partial charge in [0.2, 0.25) is 0 Å². The van der Waals surface area contributed by atoms with E-state index >= 15 is 0 Å². The van der Waals surface area contributed by atoms with E-state index in [-0.39, 0.29) is 0 Å². The topological polar surface area (TPSA) is 60.2 Å². The molecule has 0 spiro atoms. The number of nitrogens with zero attached hydrogens (tertiary/aromatic N) is 3. The molecule has 1 atom stereocenters. The van der Waals surface area contributed by atoms with Crippen LogP contribution in [0.15, 0.2) is 30.3 Å². The van der Waals surface area contributed by atoms with Crippen molar-refractivity contribution in [3.63, 3.8) is 0 Å². The second kappa shape index (κ2) is 7.03. The van der Waals surface area contributed by atoms with Crippen molar-refractivity contribution < 1.29 is 9.84 Å². The van der Waals surface area contributed by atoms with Crippen LogP contribution in [0.5, 0.6) is 0 Å². The smallest absolute Gasteiger partial charge is 0.155 e. The number of aliphatic hydroxyl groups is 1. The van der Waals surface area contributed by atoms with Crippen LogP contribution in [0.1, 0.15) is 49.0 Å². The van der Waals surface area contributed by atoms with E-state index in [0.29, 0.717) is 11.7 Å². The number of aliphatic hydroxyl groups excluding tert-OH is 1. The number of aryl methyl sites for hydroxylation is 2. The summed E-state index contributed by atoms with van der Waals surface area (Å²) >= 11 is 0. The first-order chi connectivity index (χ1) is 10.7. The Hall–Kier alpha value is -1.72. The maximum absolute atomic E-state index is 9.97. The van der Waals surface area contributed by atoms with E-state index in [0.717, 1.165) is 44.8 Å². The van der Waals surface area contributed by atoms with Crippen molar-refractivity contribution >= 4 is 0 Å². The van der Waals surface area contributed by atoms with Crippen LogP contribution in [0.2, 0.25) is 0 Å². The average Bonchev–Trinajstić information content (AvgIpc) is 2.99. The van der Waals surface area contributed by atoms with Gasteiger partial charge in [0.25, 0.3) is 0 Å². The van der Waals surface area contributed by atoms with Gasteiger partial charge in [-0.15, -0.1) is 0 Å². The molecule has 22 heavy (non-hydrogen) atoms. The van der Waals surface area contributed by atoms with Crippen LogP contribution in [-0.4, -0.2) is 33.1 Å². The Morgan fingerprint density at radius 3 is 2.68 bits per heavy atom. The summed E-state index contributed by atoms with van der Waals surface area (Å²) in [7, 11) is 0. The summed E-state index contributed by atoms with van der Waals surface area (Å²) < 4.78 is 7.26. The predicted molar refractivity (Wildman–Crippen MR) is 83.6 cm³/mol. The van der Waals surface area contributed by atoms with Crippen molar-refractivity contribution in [1.82, 2.24) is 14.8 Å². The minimum Gasteiger partial charge on any atom is -0.385 e. The second-order valence-corrected chi connectivity index (χ2v) is 5.85. The van der Waals surface area contributed by atoms with Gasteiger partial charge in [0, 0.05) is 25.7 Å². The third kappa shape index (κ3) is 3.54. The Morgan fingerprint density at radius 2 is 2.00 bits per heavy atom. The highest BCUT2D eigenvalue weighted by atomic mass is 16.5. The molecule has 0 unspecified atom stereocenters. The zero-order valence-corrected chi connectivity index (χ0v) is 13.0. The largest absolute Gasteiger partial charge is 0.385 e. The molecule has 0 bridgehead atoms. The fourth-order valence-corrected chi connectivity index (χ4v) is 2.85. The highest BCUT2D eigenvalue weighted by Crippen LogP contribution is 2.25. The van der Waals surface area contributed by atoms with Crippen LogP contribution >= 0.6 is 0 Å². The minimum absolute atomic E-state index is 0.351. The molecule has 1 saturated heterocycles. The SMILES string of the molecule is C[C@H](O)c1nc(C2CCOCC2)nn1CCc1ccccc1. The summed E-state index contributed by atoms with van der Waals surface area (Å²) in [6, 6.07) is 10.3. The lowest BCUT2D eigenvalue weighted by atomic mass is 10.00. The van der Waals surface area contributed by atoms with Crippen LogP contribution < -0.4 is 0 Å². The predicted octanol–water partition coefficient (Wildman–Crippen LogP) is 2.47. The van der Waals surface area contributed by atoms with E-state index in [2.05, 4.69) is 22.2 Å². The standard InChI is InChI=1S/C17H23N3O2/c1-13(21)17-18-16(15-8-11-22-12-9-15)19-20(17)10-7-14-5-3-2-4-6-14/h2-6,13,15,21H,7-12H2,1H3/t13-/m0/s1. The van der Waals surface area contributed by atoms with Crippen molar-refractivity contribution in [2.24, 2.45) is 0 Å². The molecule has 5 heteroatoms. The molecule has 118 valence electrons. The summed E-state index contributed by atoms with van der Waals surface area (Å²) in [6.07, 6.45) is 2.21. The molecule has 2 aromatic rings. The van der Waals surface area contributed by atoms with Crippen molar-refractivity contribution in [2.75, 3.05) is 13.2 Å². The lowest BCUT2D eigenvalue weighted by molar-refractivity contribution is 0.0835. The fraction of sp³-hybridized carbons (Fsp3) is 0.529. The van der Waals surface area contributed by atoms with Crippen molar-refractivity contribution in [1.29, 1.82) is 0 Å². The molecule has 0 amide bonds. The van der Waals surface area contributed by atoms with E-state index in [1.807, 2.05) is 22.9 Å². The van der Waals surface area contributed by atoms with Crippen molar-refractivity contribution in [3.8, 4) is 0 Å². The molecule has 3 rings (SSSR count). The highest BCUT2D eigenvalue weighted by Gasteiger charge is 2.23. The zero-order valence-electron chi connectivity index (χ0n) is 13.0. The first-order valence-corrected chi connectivity index (χ1v) is 7.98. The monoisotopic (exact) mass is 301 g/mol. The van der Waals surface area contributed by atoms with Gasteiger partial charge in [-0.05, 0) is 31.7 Å². The van der Waals surface area contributed by atoms with Gasteiger partial charge >= 0.3 is 0 Å². The number of benzene rings is 1. The minimum atomic E-state index is -0.600. The van der Waals surface area contributed by atoms with Gasteiger partial charge in [0.05, 0.1) is 0 Å². The van der Waals surface area contributed by atoms with E-state index in [1.54, 1.807) is 6.92 Å². The first kappa shape index (κ1) is 15.2.